The van der Waals surface area contributed by atoms with E-state index in [-0.39, 0.29) is 25.0 Å². The fraction of sp³-hybridized carbons (Fsp3) is 0.400. The third-order valence-electron chi connectivity index (χ3n) is 2.62. The van der Waals surface area contributed by atoms with Crippen molar-refractivity contribution >= 4 is 23.7 Å². The molecule has 1 aromatic carbocycles. The van der Waals surface area contributed by atoms with Crippen molar-refractivity contribution in [2.45, 2.75) is 12.6 Å². The van der Waals surface area contributed by atoms with Gasteiger partial charge < -0.3 is 9.87 Å². The lowest BCUT2D eigenvalue weighted by Gasteiger charge is -2.38. The molecular formula is C10H12ClF2N2O2S-. The molecule has 1 fully saturated rings. The van der Waals surface area contributed by atoms with Gasteiger partial charge in [0.2, 0.25) is 0 Å². The van der Waals surface area contributed by atoms with Crippen molar-refractivity contribution < 1.29 is 17.5 Å². The van der Waals surface area contributed by atoms with Crippen molar-refractivity contribution in [1.82, 2.24) is 9.62 Å². The molecule has 0 aromatic heterocycles. The summed E-state index contributed by atoms with van der Waals surface area (Å²) in [7, 11) is 0. The molecule has 18 heavy (non-hydrogen) atoms. The maximum Gasteiger partial charge on any atom is 0.126 e. The lowest BCUT2D eigenvalue weighted by molar-refractivity contribution is 0.229. The Morgan fingerprint density at radius 1 is 1.33 bits per heavy atom. The molecule has 0 spiro atoms. The number of hydrogen-bond acceptors (Lipinski definition) is 3. The van der Waals surface area contributed by atoms with E-state index in [0.29, 0.717) is 18.7 Å². The van der Waals surface area contributed by atoms with Crippen LogP contribution >= 0.6 is 12.4 Å². The smallest absolute Gasteiger partial charge is 0.126 e. The van der Waals surface area contributed by atoms with Crippen molar-refractivity contribution in [2.75, 3.05) is 13.1 Å². The molecular weight excluding hydrogens is 286 g/mol. The standard InChI is InChI=1S/C10H12F2N2O2S.ClH/c11-8-1-7(2-9(12)3-8)6-14(17(15)16)10-4-13-5-10;/h1-3,10,13H,4-6H2,(H,15,16);1H/p-1. The van der Waals surface area contributed by atoms with E-state index in [1.807, 2.05) is 0 Å². The molecule has 102 valence electrons. The van der Waals surface area contributed by atoms with E-state index in [4.69, 9.17) is 0 Å². The predicted molar refractivity (Wildman–Crippen MR) is 64.7 cm³/mol. The predicted octanol–water partition coefficient (Wildman–Crippen LogP) is 0.955. The van der Waals surface area contributed by atoms with Gasteiger partial charge in [-0.3, -0.25) is 4.21 Å². The second kappa shape index (κ2) is 6.53. The molecule has 0 aliphatic carbocycles. The maximum atomic E-state index is 13.0. The summed E-state index contributed by atoms with van der Waals surface area (Å²) < 4.78 is 49.1. The van der Waals surface area contributed by atoms with E-state index in [9.17, 15) is 17.5 Å². The zero-order chi connectivity index (χ0) is 12.4. The molecule has 1 aliphatic heterocycles. The van der Waals surface area contributed by atoms with E-state index in [1.54, 1.807) is 0 Å². The van der Waals surface area contributed by atoms with Gasteiger partial charge in [0.1, 0.15) is 11.6 Å². The first kappa shape index (κ1) is 15.5. The lowest BCUT2D eigenvalue weighted by Crippen LogP contribution is -2.57. The third kappa shape index (κ3) is 3.69. The largest absolute Gasteiger partial charge is 0.760 e. The van der Waals surface area contributed by atoms with Gasteiger partial charge in [-0.1, -0.05) is 0 Å². The first-order chi connectivity index (χ1) is 8.06. The van der Waals surface area contributed by atoms with Gasteiger partial charge in [-0.2, -0.15) is 0 Å². The number of hydrogen-bond donors (Lipinski definition) is 1. The third-order valence-corrected chi connectivity index (χ3v) is 3.43. The van der Waals surface area contributed by atoms with Crippen molar-refractivity contribution in [2.24, 2.45) is 0 Å². The first-order valence-corrected chi connectivity index (χ1v) is 6.11. The number of halogens is 3. The van der Waals surface area contributed by atoms with Crippen LogP contribution in [-0.4, -0.2) is 32.2 Å². The van der Waals surface area contributed by atoms with Gasteiger partial charge in [-0.25, -0.2) is 13.1 Å². The minimum atomic E-state index is -2.40. The minimum absolute atomic E-state index is 0. The zero-order valence-electron chi connectivity index (χ0n) is 9.27. The highest BCUT2D eigenvalue weighted by Crippen LogP contribution is 2.15. The summed E-state index contributed by atoms with van der Waals surface area (Å²) in [6.07, 6.45) is 0. The van der Waals surface area contributed by atoms with Crippen LogP contribution in [-0.2, 0) is 17.8 Å². The van der Waals surface area contributed by atoms with Crippen LogP contribution in [0.5, 0.6) is 0 Å². The Kier molecular flexibility index (Phi) is 5.61. The summed E-state index contributed by atoms with van der Waals surface area (Å²) >= 11 is -2.40. The topological polar surface area (TPSA) is 55.4 Å². The fourth-order valence-corrected chi connectivity index (χ4v) is 2.31. The molecule has 0 radical (unpaired) electrons. The normalized spacial score (nSPS) is 17.1. The van der Waals surface area contributed by atoms with E-state index in [0.717, 1.165) is 18.2 Å². The molecule has 2 rings (SSSR count). The highest BCUT2D eigenvalue weighted by atomic mass is 35.5. The second-order valence-electron chi connectivity index (χ2n) is 3.88. The number of rotatable bonds is 4. The summed E-state index contributed by atoms with van der Waals surface area (Å²) in [5, 5.41) is 2.94. The summed E-state index contributed by atoms with van der Waals surface area (Å²) in [4.78, 5) is 0. The molecule has 1 N–H and O–H groups in total. The summed E-state index contributed by atoms with van der Waals surface area (Å²) in [6, 6.07) is 2.89. The van der Waals surface area contributed by atoms with Crippen LogP contribution < -0.4 is 5.32 Å². The van der Waals surface area contributed by atoms with Crippen molar-refractivity contribution in [3.63, 3.8) is 0 Å². The van der Waals surface area contributed by atoms with E-state index >= 15 is 0 Å². The van der Waals surface area contributed by atoms with E-state index in [2.05, 4.69) is 5.32 Å². The summed E-state index contributed by atoms with van der Waals surface area (Å²) in [5.74, 6) is -1.41. The van der Waals surface area contributed by atoms with Gasteiger partial charge in [-0.05, 0) is 17.7 Å². The van der Waals surface area contributed by atoms with Gasteiger partial charge in [0, 0.05) is 43.0 Å². The van der Waals surface area contributed by atoms with Gasteiger partial charge >= 0.3 is 0 Å². The first-order valence-electron chi connectivity index (χ1n) is 5.08. The highest BCUT2D eigenvalue weighted by molar-refractivity contribution is 7.76. The number of benzene rings is 1. The molecule has 1 heterocycles. The van der Waals surface area contributed by atoms with Gasteiger partial charge in [0.15, 0.2) is 0 Å². The van der Waals surface area contributed by atoms with Crippen LogP contribution in [0.4, 0.5) is 8.78 Å². The van der Waals surface area contributed by atoms with E-state index in [1.165, 1.54) is 4.31 Å². The van der Waals surface area contributed by atoms with Crippen LogP contribution in [0.3, 0.4) is 0 Å². The highest BCUT2D eigenvalue weighted by Gasteiger charge is 2.25. The molecule has 1 atom stereocenters. The minimum Gasteiger partial charge on any atom is -0.760 e. The summed E-state index contributed by atoms with van der Waals surface area (Å²) in [6.45, 7) is 1.11. The van der Waals surface area contributed by atoms with Crippen LogP contribution in [0.15, 0.2) is 18.2 Å². The lowest BCUT2D eigenvalue weighted by atomic mass is 10.1. The zero-order valence-corrected chi connectivity index (χ0v) is 10.9. The Labute approximate surface area is 112 Å². The Balaban J connectivity index is 0.00000162. The SMILES string of the molecule is Cl.O=S([O-])N(Cc1cc(F)cc(F)c1)C1CNC1. The molecule has 1 unspecified atom stereocenters. The van der Waals surface area contributed by atoms with Crippen molar-refractivity contribution in [3.8, 4) is 0 Å². The fourth-order valence-electron chi connectivity index (χ4n) is 1.66. The molecule has 4 nitrogen and oxygen atoms in total. The summed E-state index contributed by atoms with van der Waals surface area (Å²) in [5.41, 5.74) is 0.304. The second-order valence-corrected chi connectivity index (χ2v) is 4.79. The van der Waals surface area contributed by atoms with Crippen LogP contribution in [0.25, 0.3) is 0 Å². The molecule has 0 amide bonds. The molecule has 0 bridgehead atoms. The number of nitrogens with zero attached hydrogens (tertiary/aromatic N) is 1. The van der Waals surface area contributed by atoms with Gasteiger partial charge in [0.05, 0.1) is 0 Å². The molecule has 1 aromatic rings. The average molecular weight is 298 g/mol. The van der Waals surface area contributed by atoms with E-state index < -0.39 is 22.9 Å². The van der Waals surface area contributed by atoms with Gasteiger partial charge in [-0.15, -0.1) is 12.4 Å². The Morgan fingerprint density at radius 3 is 2.28 bits per heavy atom. The Bertz CT molecular complexity index is 426. The van der Waals surface area contributed by atoms with Crippen molar-refractivity contribution in [3.05, 3.63) is 35.4 Å². The molecule has 1 aliphatic rings. The van der Waals surface area contributed by atoms with Gasteiger partial charge in [0.25, 0.3) is 0 Å². The molecule has 1 saturated heterocycles. The van der Waals surface area contributed by atoms with Crippen molar-refractivity contribution in [1.29, 1.82) is 0 Å². The maximum absolute atomic E-state index is 13.0. The Hall–Kier alpha value is -0.600. The molecule has 8 heteroatoms. The quantitative estimate of drug-likeness (QED) is 0.842. The van der Waals surface area contributed by atoms with Crippen LogP contribution in [0.2, 0.25) is 0 Å². The number of nitrogens with one attached hydrogen (secondary N) is 1. The monoisotopic (exact) mass is 297 g/mol. The average Bonchev–Trinajstić information content (AvgIpc) is 2.11. The van der Waals surface area contributed by atoms with Crippen LogP contribution in [0.1, 0.15) is 5.56 Å². The molecule has 0 saturated carbocycles. The van der Waals surface area contributed by atoms with Crippen LogP contribution in [0, 0.1) is 11.6 Å². The Morgan fingerprint density at radius 2 is 1.89 bits per heavy atom.